The molecular weight excluding hydrogens is 227 g/mol. The van der Waals surface area contributed by atoms with Crippen LogP contribution in [0.4, 0.5) is 18.9 Å². The van der Waals surface area contributed by atoms with Crippen LogP contribution in [-0.4, -0.2) is 19.9 Å². The summed E-state index contributed by atoms with van der Waals surface area (Å²) in [4.78, 5) is 3.18. The standard InChI is InChI=1S/C7H6F3N5O/c8-7(9,10)6-13-5(16-14-6)3-15-2-4(11)1-12-15/h1-2H,3,11H2. The predicted molar refractivity (Wildman–Crippen MR) is 45.0 cm³/mol. The Balaban J connectivity index is 2.14. The lowest BCUT2D eigenvalue weighted by Crippen LogP contribution is -2.08. The van der Waals surface area contributed by atoms with Crippen LogP contribution >= 0.6 is 0 Å². The van der Waals surface area contributed by atoms with E-state index in [-0.39, 0.29) is 12.4 Å². The van der Waals surface area contributed by atoms with Crippen LogP contribution in [0.5, 0.6) is 0 Å². The lowest BCUT2D eigenvalue weighted by Gasteiger charge is -1.96. The van der Waals surface area contributed by atoms with Crippen molar-refractivity contribution in [1.29, 1.82) is 0 Å². The number of anilines is 1. The Kier molecular flexibility index (Phi) is 2.29. The van der Waals surface area contributed by atoms with Gasteiger partial charge in [-0.1, -0.05) is 5.16 Å². The van der Waals surface area contributed by atoms with E-state index in [2.05, 4.69) is 19.8 Å². The summed E-state index contributed by atoms with van der Waals surface area (Å²) in [6, 6.07) is 0. The van der Waals surface area contributed by atoms with Gasteiger partial charge in [0, 0.05) is 6.20 Å². The smallest absolute Gasteiger partial charge is 0.396 e. The van der Waals surface area contributed by atoms with E-state index in [1.54, 1.807) is 0 Å². The second-order valence-electron chi connectivity index (χ2n) is 2.98. The first kappa shape index (κ1) is 10.5. The number of alkyl halides is 3. The average molecular weight is 233 g/mol. The van der Waals surface area contributed by atoms with Gasteiger partial charge in [-0.3, -0.25) is 4.68 Å². The molecule has 0 aliphatic rings. The first-order valence-electron chi connectivity index (χ1n) is 4.13. The fraction of sp³-hybridized carbons (Fsp3) is 0.286. The van der Waals surface area contributed by atoms with Gasteiger partial charge in [-0.05, 0) is 0 Å². The Hall–Kier alpha value is -2.06. The fourth-order valence-electron chi connectivity index (χ4n) is 1.04. The van der Waals surface area contributed by atoms with E-state index in [0.717, 1.165) is 0 Å². The highest BCUT2D eigenvalue weighted by molar-refractivity contribution is 5.30. The lowest BCUT2D eigenvalue weighted by atomic mass is 10.5. The number of nitrogen functional groups attached to an aromatic ring is 1. The molecule has 0 saturated heterocycles. The highest BCUT2D eigenvalue weighted by atomic mass is 19.4. The molecule has 0 aliphatic carbocycles. The van der Waals surface area contributed by atoms with Crippen molar-refractivity contribution in [1.82, 2.24) is 19.9 Å². The fourth-order valence-corrected chi connectivity index (χ4v) is 1.04. The average Bonchev–Trinajstić information content (AvgIpc) is 2.74. The van der Waals surface area contributed by atoms with Crippen molar-refractivity contribution in [2.75, 3.05) is 5.73 Å². The third-order valence-electron chi connectivity index (χ3n) is 1.67. The van der Waals surface area contributed by atoms with Crippen molar-refractivity contribution in [3.05, 3.63) is 24.1 Å². The van der Waals surface area contributed by atoms with Crippen molar-refractivity contribution < 1.29 is 17.7 Å². The molecule has 2 N–H and O–H groups in total. The van der Waals surface area contributed by atoms with E-state index in [1.807, 2.05) is 0 Å². The zero-order chi connectivity index (χ0) is 11.8. The topological polar surface area (TPSA) is 82.8 Å². The highest BCUT2D eigenvalue weighted by Crippen LogP contribution is 2.26. The first-order chi connectivity index (χ1) is 7.45. The van der Waals surface area contributed by atoms with Crippen LogP contribution in [0.15, 0.2) is 16.9 Å². The zero-order valence-electron chi connectivity index (χ0n) is 7.77. The Morgan fingerprint density at radius 1 is 1.44 bits per heavy atom. The first-order valence-corrected chi connectivity index (χ1v) is 4.13. The lowest BCUT2D eigenvalue weighted by molar-refractivity contribution is -0.146. The minimum atomic E-state index is -4.61. The largest absolute Gasteiger partial charge is 0.455 e. The Morgan fingerprint density at radius 3 is 2.69 bits per heavy atom. The van der Waals surface area contributed by atoms with Gasteiger partial charge < -0.3 is 10.3 Å². The van der Waals surface area contributed by atoms with Crippen LogP contribution in [0, 0.1) is 0 Å². The molecule has 0 unspecified atom stereocenters. The van der Waals surface area contributed by atoms with Crippen molar-refractivity contribution in [2.45, 2.75) is 12.7 Å². The second kappa shape index (κ2) is 3.51. The van der Waals surface area contributed by atoms with Gasteiger partial charge in [-0.15, -0.1) is 0 Å². The summed E-state index contributed by atoms with van der Waals surface area (Å²) < 4.78 is 42.1. The molecule has 2 rings (SSSR count). The number of halogens is 3. The quantitative estimate of drug-likeness (QED) is 0.833. The van der Waals surface area contributed by atoms with E-state index >= 15 is 0 Å². The molecule has 0 radical (unpaired) electrons. The van der Waals surface area contributed by atoms with Gasteiger partial charge in [0.25, 0.3) is 5.82 Å². The van der Waals surface area contributed by atoms with Gasteiger partial charge in [0.1, 0.15) is 6.54 Å². The molecular formula is C7H6F3N5O. The van der Waals surface area contributed by atoms with Gasteiger partial charge in [-0.2, -0.15) is 23.3 Å². The molecule has 6 nitrogen and oxygen atoms in total. The maximum atomic E-state index is 12.1. The molecule has 0 amide bonds. The summed E-state index contributed by atoms with van der Waals surface area (Å²) >= 11 is 0. The number of nitrogens with zero attached hydrogens (tertiary/aromatic N) is 4. The molecule has 2 aromatic heterocycles. The SMILES string of the molecule is Nc1cnn(Cc2nc(C(F)(F)F)no2)c1. The van der Waals surface area contributed by atoms with Crippen molar-refractivity contribution in [3.8, 4) is 0 Å². The van der Waals surface area contributed by atoms with Crippen molar-refractivity contribution in [2.24, 2.45) is 0 Å². The molecule has 0 saturated carbocycles. The number of hydrogen-bond acceptors (Lipinski definition) is 5. The monoisotopic (exact) mass is 233 g/mol. The third kappa shape index (κ3) is 2.12. The van der Waals surface area contributed by atoms with E-state index in [1.165, 1.54) is 17.1 Å². The number of hydrogen-bond donors (Lipinski definition) is 1. The van der Waals surface area contributed by atoms with Crippen molar-refractivity contribution in [3.63, 3.8) is 0 Å². The summed E-state index contributed by atoms with van der Waals surface area (Å²) in [5.74, 6) is -1.49. The van der Waals surface area contributed by atoms with Crippen LogP contribution in [0.3, 0.4) is 0 Å². The summed E-state index contributed by atoms with van der Waals surface area (Å²) in [7, 11) is 0. The summed E-state index contributed by atoms with van der Waals surface area (Å²) in [6.07, 6.45) is -1.80. The summed E-state index contributed by atoms with van der Waals surface area (Å²) in [6.45, 7) is -0.0553. The zero-order valence-corrected chi connectivity index (χ0v) is 7.77. The van der Waals surface area contributed by atoms with E-state index in [9.17, 15) is 13.2 Å². The van der Waals surface area contributed by atoms with E-state index < -0.39 is 12.0 Å². The van der Waals surface area contributed by atoms with E-state index in [0.29, 0.717) is 5.69 Å². The van der Waals surface area contributed by atoms with Crippen LogP contribution in [0.2, 0.25) is 0 Å². The molecule has 0 fully saturated rings. The van der Waals surface area contributed by atoms with E-state index in [4.69, 9.17) is 5.73 Å². The van der Waals surface area contributed by atoms with Crippen LogP contribution < -0.4 is 5.73 Å². The molecule has 0 bridgehead atoms. The Labute approximate surface area is 86.8 Å². The van der Waals surface area contributed by atoms with Crippen molar-refractivity contribution >= 4 is 5.69 Å². The summed E-state index contributed by atoms with van der Waals surface area (Å²) in [5, 5.41) is 6.57. The third-order valence-corrected chi connectivity index (χ3v) is 1.67. The minimum Gasteiger partial charge on any atom is -0.396 e. The maximum absolute atomic E-state index is 12.1. The molecule has 9 heteroatoms. The molecule has 0 spiro atoms. The number of aromatic nitrogens is 4. The van der Waals surface area contributed by atoms with Gasteiger partial charge in [0.2, 0.25) is 5.89 Å². The van der Waals surface area contributed by atoms with Gasteiger partial charge in [0.05, 0.1) is 11.9 Å². The predicted octanol–water partition coefficient (Wildman–Crippen LogP) is 0.915. The molecule has 16 heavy (non-hydrogen) atoms. The Bertz CT molecular complexity index is 488. The molecule has 2 aromatic rings. The van der Waals surface area contributed by atoms with Crippen LogP contribution in [-0.2, 0) is 12.7 Å². The number of rotatable bonds is 2. The van der Waals surface area contributed by atoms with Gasteiger partial charge in [0.15, 0.2) is 0 Å². The molecule has 0 aliphatic heterocycles. The molecule has 0 aromatic carbocycles. The van der Waals surface area contributed by atoms with Gasteiger partial charge >= 0.3 is 6.18 Å². The Morgan fingerprint density at radius 2 is 2.19 bits per heavy atom. The van der Waals surface area contributed by atoms with Crippen LogP contribution in [0.25, 0.3) is 0 Å². The molecule has 86 valence electrons. The van der Waals surface area contributed by atoms with Gasteiger partial charge in [-0.25, -0.2) is 0 Å². The second-order valence-corrected chi connectivity index (χ2v) is 2.98. The maximum Gasteiger partial charge on any atom is 0.455 e. The molecule has 0 atom stereocenters. The summed E-state index contributed by atoms with van der Waals surface area (Å²) in [5.41, 5.74) is 5.78. The van der Waals surface area contributed by atoms with Crippen LogP contribution in [0.1, 0.15) is 11.7 Å². The minimum absolute atomic E-state index is 0.0553. The number of nitrogens with two attached hydrogens (primary N) is 1. The molecule has 2 heterocycles. The highest BCUT2D eigenvalue weighted by Gasteiger charge is 2.37. The normalized spacial score (nSPS) is 11.9.